The number of hydrogen-bond donors (Lipinski definition) is 1. The van der Waals surface area contributed by atoms with Gasteiger partial charge in [-0.2, -0.15) is 0 Å². The standard InChI is InChI=1S/C28H39NO8/c1-17-5-10-22-18(2)25(34-26-28(22)21(17)13-15-27(3,35-26)36-37-28)33-24(31)12-11-23(30)29-16-14-19-6-8-20(32-4)9-7-19/h6-9,17-18,21-22,25-26H,5,10-16H2,1-4H3,(H,29,30)/t17-,18+,21-,22+,25+,26-,27-,28+/m0/s1. The smallest absolute Gasteiger partial charge is 0.308 e. The maximum atomic E-state index is 12.7. The van der Waals surface area contributed by atoms with E-state index in [1.54, 1.807) is 7.11 Å². The molecule has 9 nitrogen and oxygen atoms in total. The summed E-state index contributed by atoms with van der Waals surface area (Å²) in [5.41, 5.74) is 0.401. The third kappa shape index (κ3) is 5.11. The van der Waals surface area contributed by atoms with E-state index in [1.807, 2.05) is 38.1 Å². The average Bonchev–Trinajstić information content (AvgIpc) is 3.12. The normalized spacial score (nSPS) is 38.3. The molecule has 4 heterocycles. The number of carbonyl (C=O) groups excluding carboxylic acids is 2. The molecule has 37 heavy (non-hydrogen) atoms. The minimum Gasteiger partial charge on any atom is -0.497 e. The van der Waals surface area contributed by atoms with Crippen LogP contribution in [0.3, 0.4) is 0 Å². The Morgan fingerprint density at radius 2 is 1.84 bits per heavy atom. The summed E-state index contributed by atoms with van der Waals surface area (Å²) in [7, 11) is 1.63. The molecule has 2 bridgehead atoms. The van der Waals surface area contributed by atoms with Crippen molar-refractivity contribution in [2.75, 3.05) is 13.7 Å². The third-order valence-corrected chi connectivity index (χ3v) is 8.80. The summed E-state index contributed by atoms with van der Waals surface area (Å²) in [6.45, 7) is 6.66. The Kier molecular flexibility index (Phi) is 7.51. The van der Waals surface area contributed by atoms with Crippen LogP contribution in [0.15, 0.2) is 24.3 Å². The molecule has 1 N–H and O–H groups in total. The van der Waals surface area contributed by atoms with Gasteiger partial charge in [-0.1, -0.05) is 26.0 Å². The molecule has 5 fully saturated rings. The SMILES string of the molecule is COc1ccc(CCNC(=O)CCC(=O)O[C@@H]2O[C@H]3O[C@]4(C)CC[C@H]5[C@@H](C)CC[C@H]([C@H]2C)[C@@]35OO4)cc1. The van der Waals surface area contributed by atoms with Gasteiger partial charge in [-0.15, -0.1) is 0 Å². The van der Waals surface area contributed by atoms with E-state index in [0.29, 0.717) is 18.9 Å². The quantitative estimate of drug-likeness (QED) is 0.410. The first-order valence-electron chi connectivity index (χ1n) is 13.5. The number of benzene rings is 1. The van der Waals surface area contributed by atoms with Crippen LogP contribution in [0.5, 0.6) is 5.75 Å². The van der Waals surface area contributed by atoms with Gasteiger partial charge in [0.15, 0.2) is 11.9 Å². The Hall–Kier alpha value is -2.20. The van der Waals surface area contributed by atoms with Gasteiger partial charge >= 0.3 is 5.97 Å². The second-order valence-corrected chi connectivity index (χ2v) is 11.2. The summed E-state index contributed by atoms with van der Waals surface area (Å²) in [6.07, 6.45) is 2.99. The number of rotatable bonds is 8. The van der Waals surface area contributed by atoms with E-state index in [0.717, 1.165) is 37.0 Å². The van der Waals surface area contributed by atoms with E-state index in [1.165, 1.54) is 0 Å². The number of nitrogens with one attached hydrogen (secondary N) is 1. The van der Waals surface area contributed by atoms with E-state index in [4.69, 9.17) is 28.7 Å². The molecule has 1 aliphatic carbocycles. The number of fused-ring (bicyclic) bond motifs is 2. The van der Waals surface area contributed by atoms with E-state index >= 15 is 0 Å². The van der Waals surface area contributed by atoms with Crippen molar-refractivity contribution in [3.63, 3.8) is 0 Å². The molecule has 6 rings (SSSR count). The Balaban J connectivity index is 1.13. The van der Waals surface area contributed by atoms with Crippen LogP contribution in [0.4, 0.5) is 0 Å². The molecule has 1 saturated carbocycles. The Morgan fingerprint density at radius 3 is 2.59 bits per heavy atom. The molecule has 4 aliphatic heterocycles. The molecule has 0 unspecified atom stereocenters. The molecular formula is C28H39NO8. The fraction of sp³-hybridized carbons (Fsp3) is 0.714. The summed E-state index contributed by atoms with van der Waals surface area (Å²) in [5.74, 6) is -0.0294. The van der Waals surface area contributed by atoms with E-state index in [9.17, 15) is 9.59 Å². The minimum absolute atomic E-state index is 0.0146. The summed E-state index contributed by atoms with van der Waals surface area (Å²) >= 11 is 0. The van der Waals surface area contributed by atoms with Gasteiger partial charge in [-0.3, -0.25) is 9.59 Å². The molecule has 1 amide bonds. The van der Waals surface area contributed by atoms with Gasteiger partial charge in [0.1, 0.15) is 5.75 Å². The van der Waals surface area contributed by atoms with Crippen molar-refractivity contribution in [2.24, 2.45) is 23.7 Å². The maximum absolute atomic E-state index is 12.7. The van der Waals surface area contributed by atoms with Gasteiger partial charge in [0, 0.05) is 31.2 Å². The van der Waals surface area contributed by atoms with Crippen molar-refractivity contribution in [3.8, 4) is 5.75 Å². The number of esters is 1. The number of carbonyl (C=O) groups is 2. The zero-order valence-electron chi connectivity index (χ0n) is 22.2. The highest BCUT2D eigenvalue weighted by molar-refractivity contribution is 5.81. The van der Waals surface area contributed by atoms with Crippen LogP contribution in [-0.2, 0) is 40.0 Å². The van der Waals surface area contributed by atoms with Gasteiger partial charge in [0.05, 0.1) is 13.5 Å². The monoisotopic (exact) mass is 517 g/mol. The van der Waals surface area contributed by atoms with Crippen molar-refractivity contribution in [1.29, 1.82) is 0 Å². The summed E-state index contributed by atoms with van der Waals surface area (Å²) < 4.78 is 23.5. The third-order valence-electron chi connectivity index (χ3n) is 8.80. The molecule has 4 saturated heterocycles. The summed E-state index contributed by atoms with van der Waals surface area (Å²) in [4.78, 5) is 36.9. The van der Waals surface area contributed by atoms with Gasteiger partial charge in [-0.05, 0) is 62.1 Å². The lowest BCUT2D eigenvalue weighted by Gasteiger charge is -2.59. The van der Waals surface area contributed by atoms with Crippen LogP contribution in [-0.4, -0.2) is 49.5 Å². The van der Waals surface area contributed by atoms with Crippen molar-refractivity contribution in [3.05, 3.63) is 29.8 Å². The molecule has 8 atom stereocenters. The van der Waals surface area contributed by atoms with Gasteiger partial charge in [-0.25, -0.2) is 9.78 Å². The number of amides is 1. The first-order valence-corrected chi connectivity index (χ1v) is 13.5. The van der Waals surface area contributed by atoms with Crippen LogP contribution < -0.4 is 10.1 Å². The van der Waals surface area contributed by atoms with E-state index < -0.39 is 29.9 Å². The Bertz CT molecular complexity index is 985. The molecule has 1 aromatic rings. The highest BCUT2D eigenvalue weighted by atomic mass is 17.3. The minimum atomic E-state index is -0.878. The lowest BCUT2D eigenvalue weighted by molar-refractivity contribution is -0.576. The zero-order valence-corrected chi connectivity index (χ0v) is 22.2. The molecule has 9 heteroatoms. The van der Waals surface area contributed by atoms with E-state index in [-0.39, 0.29) is 36.5 Å². The van der Waals surface area contributed by atoms with Crippen LogP contribution >= 0.6 is 0 Å². The van der Waals surface area contributed by atoms with Crippen molar-refractivity contribution < 1.29 is 38.3 Å². The van der Waals surface area contributed by atoms with Gasteiger partial charge < -0.3 is 24.3 Å². The molecular weight excluding hydrogens is 478 g/mol. The van der Waals surface area contributed by atoms with Gasteiger partial charge in [0.25, 0.3) is 0 Å². The van der Waals surface area contributed by atoms with Crippen molar-refractivity contribution in [2.45, 2.75) is 89.7 Å². The van der Waals surface area contributed by atoms with E-state index in [2.05, 4.69) is 12.2 Å². The van der Waals surface area contributed by atoms with Crippen LogP contribution in [0, 0.1) is 23.7 Å². The molecule has 5 aliphatic rings. The molecule has 1 spiro atoms. The Morgan fingerprint density at radius 1 is 1.05 bits per heavy atom. The average molecular weight is 518 g/mol. The summed E-state index contributed by atoms with van der Waals surface area (Å²) in [5, 5.41) is 2.87. The second-order valence-electron chi connectivity index (χ2n) is 11.2. The highest BCUT2D eigenvalue weighted by Gasteiger charge is 2.69. The maximum Gasteiger partial charge on any atom is 0.308 e. The molecule has 0 aromatic heterocycles. The molecule has 204 valence electrons. The highest BCUT2D eigenvalue weighted by Crippen LogP contribution is 2.60. The largest absolute Gasteiger partial charge is 0.497 e. The number of ether oxygens (including phenoxy) is 4. The first-order chi connectivity index (χ1) is 17.7. The second kappa shape index (κ2) is 10.5. The lowest BCUT2D eigenvalue weighted by atomic mass is 9.58. The topological polar surface area (TPSA) is 102 Å². The van der Waals surface area contributed by atoms with Crippen molar-refractivity contribution >= 4 is 11.9 Å². The predicted octanol–water partition coefficient (Wildman–Crippen LogP) is 3.89. The fourth-order valence-electron chi connectivity index (χ4n) is 6.64. The number of hydrogen-bond acceptors (Lipinski definition) is 8. The van der Waals surface area contributed by atoms with Gasteiger partial charge in [0.2, 0.25) is 18.0 Å². The lowest BCUT2D eigenvalue weighted by Crippen LogP contribution is -2.70. The molecule has 0 radical (unpaired) electrons. The number of methoxy groups -OCH3 is 1. The van der Waals surface area contributed by atoms with Crippen LogP contribution in [0.1, 0.15) is 64.9 Å². The first kappa shape index (κ1) is 26.4. The molecule has 1 aromatic carbocycles. The fourth-order valence-corrected chi connectivity index (χ4v) is 6.64. The van der Waals surface area contributed by atoms with Crippen molar-refractivity contribution in [1.82, 2.24) is 5.32 Å². The summed E-state index contributed by atoms with van der Waals surface area (Å²) in [6, 6.07) is 7.72. The van der Waals surface area contributed by atoms with Crippen LogP contribution in [0.2, 0.25) is 0 Å². The zero-order chi connectivity index (χ0) is 26.2. The van der Waals surface area contributed by atoms with Crippen LogP contribution in [0.25, 0.3) is 0 Å². The Labute approximate surface area is 218 Å². The predicted molar refractivity (Wildman–Crippen MR) is 132 cm³/mol.